The predicted molar refractivity (Wildman–Crippen MR) is 54.0 cm³/mol. The minimum atomic E-state index is -0.0694. The smallest absolute Gasteiger partial charge is 0.139 e. The van der Waals surface area contributed by atoms with E-state index in [1.807, 2.05) is 13.8 Å². The topological polar surface area (TPSA) is 53.0 Å². The van der Waals surface area contributed by atoms with Gasteiger partial charge >= 0.3 is 0 Å². The molecule has 3 nitrogen and oxygen atoms in total. The van der Waals surface area contributed by atoms with Crippen molar-refractivity contribution in [1.29, 1.82) is 0 Å². The second kappa shape index (κ2) is 4.42. The zero-order valence-corrected chi connectivity index (χ0v) is 8.92. The summed E-state index contributed by atoms with van der Waals surface area (Å²) in [5.41, 5.74) is 3.46. The molecular formula is C11H16NO2. The molecule has 0 aromatic carbocycles. The molecule has 1 aromatic heterocycles. The molecule has 0 aliphatic rings. The Morgan fingerprint density at radius 2 is 1.86 bits per heavy atom. The van der Waals surface area contributed by atoms with Gasteiger partial charge in [-0.1, -0.05) is 0 Å². The van der Waals surface area contributed by atoms with Crippen LogP contribution >= 0.6 is 0 Å². The molecule has 1 aromatic rings. The van der Waals surface area contributed by atoms with Gasteiger partial charge in [0.05, 0.1) is 12.3 Å². The molecule has 0 amide bonds. The van der Waals surface area contributed by atoms with Gasteiger partial charge in [0.1, 0.15) is 5.75 Å². The lowest BCUT2D eigenvalue weighted by Crippen LogP contribution is -2.01. The molecule has 1 heterocycles. The first-order valence-electron chi connectivity index (χ1n) is 4.81. The van der Waals surface area contributed by atoms with E-state index in [0.29, 0.717) is 18.5 Å². The van der Waals surface area contributed by atoms with Crippen LogP contribution in [0.25, 0.3) is 0 Å². The molecule has 0 saturated heterocycles. The van der Waals surface area contributed by atoms with E-state index in [2.05, 4.69) is 4.98 Å². The van der Waals surface area contributed by atoms with Crippen LogP contribution in [0.4, 0.5) is 0 Å². The predicted octanol–water partition coefficient (Wildman–Crippen LogP) is 2.08. The van der Waals surface area contributed by atoms with E-state index < -0.39 is 0 Å². The van der Waals surface area contributed by atoms with Crippen LogP contribution in [0, 0.1) is 20.8 Å². The summed E-state index contributed by atoms with van der Waals surface area (Å²) >= 11 is 0. The van der Waals surface area contributed by atoms with E-state index in [1.54, 1.807) is 6.92 Å². The van der Waals surface area contributed by atoms with Crippen LogP contribution in [0.1, 0.15) is 28.9 Å². The summed E-state index contributed by atoms with van der Waals surface area (Å²) in [6.07, 6.45) is 1.31. The summed E-state index contributed by atoms with van der Waals surface area (Å²) in [5, 5.41) is 20.0. The molecule has 14 heavy (non-hydrogen) atoms. The van der Waals surface area contributed by atoms with Crippen LogP contribution < -0.4 is 0 Å². The maximum atomic E-state index is 10.4. The van der Waals surface area contributed by atoms with Gasteiger partial charge in [0.25, 0.3) is 0 Å². The summed E-state index contributed by atoms with van der Waals surface area (Å²) in [6, 6.07) is 0. The fourth-order valence-corrected chi connectivity index (χ4v) is 1.49. The van der Waals surface area contributed by atoms with Crippen LogP contribution in [0.3, 0.4) is 0 Å². The highest BCUT2D eigenvalue weighted by Crippen LogP contribution is 2.25. The highest BCUT2D eigenvalue weighted by molar-refractivity contribution is 5.42. The zero-order valence-electron chi connectivity index (χ0n) is 8.92. The van der Waals surface area contributed by atoms with Gasteiger partial charge < -0.3 is 5.11 Å². The third-order valence-corrected chi connectivity index (χ3v) is 2.55. The van der Waals surface area contributed by atoms with Crippen molar-refractivity contribution in [2.45, 2.75) is 33.6 Å². The summed E-state index contributed by atoms with van der Waals surface area (Å²) in [5.74, 6) is 0.272. The van der Waals surface area contributed by atoms with E-state index in [4.69, 9.17) is 0 Å². The molecule has 1 N–H and O–H groups in total. The van der Waals surface area contributed by atoms with Crippen molar-refractivity contribution in [3.05, 3.63) is 22.5 Å². The Balaban J connectivity index is 3.06. The standard InChI is InChI=1S/C11H16NO2/c1-7-8(2)11(14)9(3)12-10(7)5-4-6-13/h14H,4-6H2,1-3H3. The van der Waals surface area contributed by atoms with Crippen LogP contribution in [0.2, 0.25) is 0 Å². The maximum Gasteiger partial charge on any atom is 0.139 e. The molecule has 1 rings (SSSR count). The van der Waals surface area contributed by atoms with Gasteiger partial charge in [-0.2, -0.15) is 0 Å². The molecule has 0 aliphatic heterocycles. The molecule has 0 bridgehead atoms. The number of nitrogens with zero attached hydrogens (tertiary/aromatic N) is 1. The van der Waals surface area contributed by atoms with Gasteiger partial charge in [0.15, 0.2) is 0 Å². The lowest BCUT2D eigenvalue weighted by Gasteiger charge is -2.11. The SMILES string of the molecule is Cc1nc(CCC[O])c(C)c(C)c1O. The zero-order chi connectivity index (χ0) is 10.7. The quantitative estimate of drug-likeness (QED) is 0.800. The molecule has 0 unspecified atom stereocenters. The van der Waals surface area contributed by atoms with Crippen molar-refractivity contribution in [3.63, 3.8) is 0 Å². The van der Waals surface area contributed by atoms with E-state index in [0.717, 1.165) is 16.8 Å². The molecule has 0 spiro atoms. The van der Waals surface area contributed by atoms with E-state index >= 15 is 0 Å². The first-order valence-corrected chi connectivity index (χ1v) is 4.81. The molecule has 77 valence electrons. The van der Waals surface area contributed by atoms with Crippen molar-refractivity contribution in [1.82, 2.24) is 4.98 Å². The minimum absolute atomic E-state index is 0.0694. The summed E-state index contributed by atoms with van der Waals surface area (Å²) in [7, 11) is 0. The molecule has 1 radical (unpaired) electrons. The first kappa shape index (κ1) is 11.0. The van der Waals surface area contributed by atoms with Crippen molar-refractivity contribution in [3.8, 4) is 5.75 Å². The number of rotatable bonds is 3. The molecule has 0 atom stereocenters. The van der Waals surface area contributed by atoms with Gasteiger partial charge in [-0.25, -0.2) is 5.11 Å². The fraction of sp³-hybridized carbons (Fsp3) is 0.545. The summed E-state index contributed by atoms with van der Waals surface area (Å²) in [4.78, 5) is 4.28. The van der Waals surface area contributed by atoms with Crippen molar-refractivity contribution < 1.29 is 10.2 Å². The van der Waals surface area contributed by atoms with Crippen molar-refractivity contribution in [2.24, 2.45) is 0 Å². The maximum absolute atomic E-state index is 10.4. The monoisotopic (exact) mass is 194 g/mol. The molecular weight excluding hydrogens is 178 g/mol. The largest absolute Gasteiger partial charge is 0.506 e. The van der Waals surface area contributed by atoms with Gasteiger partial charge in [-0.3, -0.25) is 4.98 Å². The Kier molecular flexibility index (Phi) is 3.47. The molecule has 0 saturated carbocycles. The molecule has 0 aliphatic carbocycles. The third-order valence-electron chi connectivity index (χ3n) is 2.55. The molecule has 0 fully saturated rings. The van der Waals surface area contributed by atoms with Crippen molar-refractivity contribution in [2.75, 3.05) is 6.61 Å². The fourth-order valence-electron chi connectivity index (χ4n) is 1.49. The van der Waals surface area contributed by atoms with Gasteiger partial charge in [-0.05, 0) is 44.7 Å². The minimum Gasteiger partial charge on any atom is -0.506 e. The summed E-state index contributed by atoms with van der Waals surface area (Å²) in [6.45, 7) is 5.52. The first-order chi connectivity index (χ1) is 6.57. The average Bonchev–Trinajstić information content (AvgIpc) is 2.18. The van der Waals surface area contributed by atoms with Crippen LogP contribution in [0.15, 0.2) is 0 Å². The van der Waals surface area contributed by atoms with Crippen LogP contribution in [-0.2, 0) is 11.5 Å². The lowest BCUT2D eigenvalue weighted by molar-refractivity contribution is 0.189. The van der Waals surface area contributed by atoms with E-state index in [-0.39, 0.29) is 12.4 Å². The lowest BCUT2D eigenvalue weighted by atomic mass is 10.0. The van der Waals surface area contributed by atoms with E-state index in [1.165, 1.54) is 0 Å². The normalized spacial score (nSPS) is 10.6. The van der Waals surface area contributed by atoms with Gasteiger partial charge in [0, 0.05) is 5.69 Å². The number of aromatic hydroxyl groups is 1. The second-order valence-corrected chi connectivity index (χ2v) is 3.55. The van der Waals surface area contributed by atoms with E-state index in [9.17, 15) is 10.2 Å². The molecule has 3 heteroatoms. The Labute approximate surface area is 84.4 Å². The Morgan fingerprint density at radius 1 is 1.21 bits per heavy atom. The van der Waals surface area contributed by atoms with Crippen LogP contribution in [-0.4, -0.2) is 16.7 Å². The second-order valence-electron chi connectivity index (χ2n) is 3.55. The summed E-state index contributed by atoms with van der Waals surface area (Å²) < 4.78 is 0. The van der Waals surface area contributed by atoms with Crippen LogP contribution in [0.5, 0.6) is 5.75 Å². The number of hydrogen-bond donors (Lipinski definition) is 1. The number of hydrogen-bond acceptors (Lipinski definition) is 2. The number of pyridine rings is 1. The number of aromatic nitrogens is 1. The van der Waals surface area contributed by atoms with Gasteiger partial charge in [-0.15, -0.1) is 0 Å². The number of aryl methyl sites for hydroxylation is 2. The van der Waals surface area contributed by atoms with Crippen molar-refractivity contribution >= 4 is 0 Å². The Bertz CT molecular complexity index is 335. The Hall–Kier alpha value is -1.09. The average molecular weight is 194 g/mol. The third kappa shape index (κ3) is 2.04. The Morgan fingerprint density at radius 3 is 2.43 bits per heavy atom. The highest BCUT2D eigenvalue weighted by atomic mass is 16.3. The highest BCUT2D eigenvalue weighted by Gasteiger charge is 2.10. The van der Waals surface area contributed by atoms with Gasteiger partial charge in [0.2, 0.25) is 0 Å².